The van der Waals surface area contributed by atoms with E-state index in [1.165, 1.54) is 6.20 Å². The minimum Gasteiger partial charge on any atom is -0.394 e. The summed E-state index contributed by atoms with van der Waals surface area (Å²) in [5.41, 5.74) is -1.09. The van der Waals surface area contributed by atoms with Crippen LogP contribution in [0.3, 0.4) is 0 Å². The Bertz CT molecular complexity index is 624. The van der Waals surface area contributed by atoms with Crippen LogP contribution in [-0.4, -0.2) is 56.0 Å². The van der Waals surface area contributed by atoms with Gasteiger partial charge in [-0.25, -0.2) is 4.79 Å². The first-order valence-electron chi connectivity index (χ1n) is 6.45. The largest absolute Gasteiger partial charge is 0.394 e. The first-order chi connectivity index (χ1) is 9.99. The highest BCUT2D eigenvalue weighted by Gasteiger charge is 2.43. The fourth-order valence-electron chi connectivity index (χ4n) is 2.23. The van der Waals surface area contributed by atoms with E-state index in [1.54, 1.807) is 0 Å². The zero-order valence-electron chi connectivity index (χ0n) is 11.1. The highest BCUT2D eigenvalue weighted by Crippen LogP contribution is 2.27. The van der Waals surface area contributed by atoms with Gasteiger partial charge < -0.3 is 25.5 Å². The molecule has 1 aliphatic heterocycles. The van der Waals surface area contributed by atoms with E-state index in [4.69, 9.17) is 15.3 Å². The van der Waals surface area contributed by atoms with Gasteiger partial charge in [0.15, 0.2) is 6.23 Å². The molecule has 9 heteroatoms. The standard InChI is InChI=1S/C12H17N3O6/c13-3-1-2-6-4-15(12(20)14-10(6)19)11-9(18)8(17)7(5-16)21-11/h3-4,7-9,11,13,16-18H,1-2,5H2,(H,14,19,20)/t7-,8-,9-,11-/m1/s1. The Hall–Kier alpha value is -1.81. The lowest BCUT2D eigenvalue weighted by atomic mass is 10.1. The second-order valence-electron chi connectivity index (χ2n) is 4.79. The summed E-state index contributed by atoms with van der Waals surface area (Å²) in [6.07, 6.45) is -1.96. The Morgan fingerprint density at radius 2 is 2.10 bits per heavy atom. The number of aryl methyl sites for hydroxylation is 1. The number of nitrogens with zero attached hydrogens (tertiary/aromatic N) is 1. The maximum atomic E-state index is 11.8. The molecule has 1 aliphatic rings. The van der Waals surface area contributed by atoms with Crippen molar-refractivity contribution in [3.63, 3.8) is 0 Å². The number of rotatable bonds is 5. The second-order valence-corrected chi connectivity index (χ2v) is 4.79. The van der Waals surface area contributed by atoms with Crippen molar-refractivity contribution in [2.45, 2.75) is 37.4 Å². The number of aromatic amines is 1. The Morgan fingerprint density at radius 3 is 2.67 bits per heavy atom. The smallest absolute Gasteiger partial charge is 0.330 e. The molecule has 21 heavy (non-hydrogen) atoms. The quantitative estimate of drug-likeness (QED) is 0.387. The molecule has 0 saturated carbocycles. The predicted octanol–water partition coefficient (Wildman–Crippen LogP) is -2.27. The van der Waals surface area contributed by atoms with Gasteiger partial charge in [0.05, 0.1) is 6.61 Å². The van der Waals surface area contributed by atoms with Gasteiger partial charge in [-0.15, -0.1) is 0 Å². The lowest BCUT2D eigenvalue weighted by molar-refractivity contribution is -0.0551. The molecule has 2 rings (SSSR count). The van der Waals surface area contributed by atoms with E-state index in [0.29, 0.717) is 6.42 Å². The molecule has 9 nitrogen and oxygen atoms in total. The Morgan fingerprint density at radius 1 is 1.38 bits per heavy atom. The summed E-state index contributed by atoms with van der Waals surface area (Å²) >= 11 is 0. The van der Waals surface area contributed by atoms with Crippen molar-refractivity contribution in [1.29, 1.82) is 5.41 Å². The summed E-state index contributed by atoms with van der Waals surface area (Å²) in [7, 11) is 0. The lowest BCUT2D eigenvalue weighted by Gasteiger charge is -2.17. The van der Waals surface area contributed by atoms with Gasteiger partial charge in [0.25, 0.3) is 5.56 Å². The van der Waals surface area contributed by atoms with Crippen LogP contribution in [0.15, 0.2) is 15.8 Å². The molecular weight excluding hydrogens is 282 g/mol. The molecule has 2 heterocycles. The van der Waals surface area contributed by atoms with Crippen molar-refractivity contribution in [3.8, 4) is 0 Å². The third-order valence-corrected chi connectivity index (χ3v) is 3.39. The van der Waals surface area contributed by atoms with E-state index >= 15 is 0 Å². The van der Waals surface area contributed by atoms with Crippen LogP contribution in [0.1, 0.15) is 18.2 Å². The second kappa shape index (κ2) is 6.31. The summed E-state index contributed by atoms with van der Waals surface area (Å²) in [6, 6.07) is 0. The highest BCUT2D eigenvalue weighted by molar-refractivity contribution is 5.53. The zero-order valence-corrected chi connectivity index (χ0v) is 11.1. The SMILES string of the molecule is N=CCCc1cn([C@@H]2O[C@H](CO)[C@@H](O)[C@H]2O)c(=O)[nH]c1=O. The van der Waals surface area contributed by atoms with Gasteiger partial charge >= 0.3 is 5.69 Å². The monoisotopic (exact) mass is 299 g/mol. The van der Waals surface area contributed by atoms with Crippen LogP contribution >= 0.6 is 0 Å². The molecule has 1 fully saturated rings. The normalized spacial score (nSPS) is 28.7. The first-order valence-corrected chi connectivity index (χ1v) is 6.45. The van der Waals surface area contributed by atoms with Gasteiger partial charge in [-0.05, 0) is 19.1 Å². The molecule has 5 N–H and O–H groups in total. The highest BCUT2D eigenvalue weighted by atomic mass is 16.6. The molecule has 116 valence electrons. The fourth-order valence-corrected chi connectivity index (χ4v) is 2.23. The van der Waals surface area contributed by atoms with E-state index in [0.717, 1.165) is 10.8 Å². The lowest BCUT2D eigenvalue weighted by Crippen LogP contribution is -2.38. The topological polar surface area (TPSA) is 149 Å². The molecule has 1 aromatic rings. The molecule has 0 bridgehead atoms. The summed E-state index contributed by atoms with van der Waals surface area (Å²) < 4.78 is 6.22. The molecule has 1 saturated heterocycles. The number of aliphatic hydroxyl groups is 3. The van der Waals surface area contributed by atoms with E-state index in [1.807, 2.05) is 0 Å². The van der Waals surface area contributed by atoms with E-state index in [-0.39, 0.29) is 12.0 Å². The van der Waals surface area contributed by atoms with Gasteiger partial charge in [-0.3, -0.25) is 14.3 Å². The third-order valence-electron chi connectivity index (χ3n) is 3.39. The van der Waals surface area contributed by atoms with Gasteiger partial charge in [0.2, 0.25) is 0 Å². The molecule has 0 radical (unpaired) electrons. The Labute approximate surface area is 118 Å². The molecular formula is C12H17N3O6. The summed E-state index contributed by atoms with van der Waals surface area (Å²) in [5, 5.41) is 35.6. The molecule has 1 aromatic heterocycles. The number of aliphatic hydroxyl groups excluding tert-OH is 3. The summed E-state index contributed by atoms with van der Waals surface area (Å²) in [6.45, 7) is -0.506. The zero-order chi connectivity index (χ0) is 15.6. The number of ether oxygens (including phenoxy) is 1. The maximum absolute atomic E-state index is 11.8. The minimum atomic E-state index is -1.40. The van der Waals surface area contributed by atoms with Crippen molar-refractivity contribution in [1.82, 2.24) is 9.55 Å². The van der Waals surface area contributed by atoms with Gasteiger partial charge in [0, 0.05) is 11.8 Å². The number of H-pyrrole nitrogens is 1. The average Bonchev–Trinajstić information content (AvgIpc) is 2.74. The third kappa shape index (κ3) is 2.95. The number of hydrogen-bond acceptors (Lipinski definition) is 7. The molecule has 4 atom stereocenters. The molecule has 0 amide bonds. The van der Waals surface area contributed by atoms with Crippen LogP contribution in [0.5, 0.6) is 0 Å². The van der Waals surface area contributed by atoms with Gasteiger partial charge in [-0.1, -0.05) is 0 Å². The van der Waals surface area contributed by atoms with E-state index in [2.05, 4.69) is 4.98 Å². The predicted molar refractivity (Wildman–Crippen MR) is 71.4 cm³/mol. The van der Waals surface area contributed by atoms with E-state index < -0.39 is 42.4 Å². The van der Waals surface area contributed by atoms with Crippen molar-refractivity contribution in [2.24, 2.45) is 0 Å². The molecule has 0 spiro atoms. The molecule has 0 aromatic carbocycles. The average molecular weight is 299 g/mol. The maximum Gasteiger partial charge on any atom is 0.330 e. The van der Waals surface area contributed by atoms with Crippen LogP contribution in [0.25, 0.3) is 0 Å². The van der Waals surface area contributed by atoms with E-state index in [9.17, 15) is 19.8 Å². The first kappa shape index (κ1) is 15.6. The van der Waals surface area contributed by atoms with Crippen LogP contribution in [0, 0.1) is 5.41 Å². The number of aromatic nitrogens is 2. The Balaban J connectivity index is 2.37. The van der Waals surface area contributed by atoms with Crippen molar-refractivity contribution >= 4 is 6.21 Å². The van der Waals surface area contributed by atoms with Gasteiger partial charge in [-0.2, -0.15) is 0 Å². The minimum absolute atomic E-state index is 0.258. The van der Waals surface area contributed by atoms with Crippen LogP contribution in [0.2, 0.25) is 0 Å². The summed E-state index contributed by atoms with van der Waals surface area (Å²) in [5.74, 6) is 0. The van der Waals surface area contributed by atoms with Crippen LogP contribution in [-0.2, 0) is 11.2 Å². The summed E-state index contributed by atoms with van der Waals surface area (Å²) in [4.78, 5) is 25.6. The fraction of sp³-hybridized carbons (Fsp3) is 0.583. The van der Waals surface area contributed by atoms with Crippen LogP contribution < -0.4 is 11.2 Å². The van der Waals surface area contributed by atoms with Crippen molar-refractivity contribution in [3.05, 3.63) is 32.6 Å². The molecule has 0 aliphatic carbocycles. The number of hydrogen-bond donors (Lipinski definition) is 5. The number of nitrogens with one attached hydrogen (secondary N) is 2. The van der Waals surface area contributed by atoms with Crippen molar-refractivity contribution < 1.29 is 20.1 Å². The Kier molecular flexibility index (Phi) is 4.68. The van der Waals surface area contributed by atoms with Crippen molar-refractivity contribution in [2.75, 3.05) is 6.61 Å². The van der Waals surface area contributed by atoms with Crippen LogP contribution in [0.4, 0.5) is 0 Å². The van der Waals surface area contributed by atoms with Gasteiger partial charge in [0.1, 0.15) is 18.3 Å². The molecule has 0 unspecified atom stereocenters.